The number of fused-ring (bicyclic) bond motifs is 1. The van der Waals surface area contributed by atoms with Crippen molar-refractivity contribution in [1.29, 1.82) is 0 Å². The third-order valence-electron chi connectivity index (χ3n) is 4.36. The van der Waals surface area contributed by atoms with Crippen molar-refractivity contribution < 1.29 is 4.79 Å². The maximum Gasteiger partial charge on any atom is 0.270 e. The lowest BCUT2D eigenvalue weighted by Crippen LogP contribution is -2.41. The van der Waals surface area contributed by atoms with Crippen LogP contribution < -0.4 is 0 Å². The van der Waals surface area contributed by atoms with E-state index in [9.17, 15) is 4.79 Å². The lowest BCUT2D eigenvalue weighted by atomic mass is 9.94. The fraction of sp³-hybridized carbons (Fsp3) is 0.389. The molecule has 2 aromatic rings. The Kier molecular flexibility index (Phi) is 4.09. The number of nitrogens with one attached hydrogen (secondary N) is 1. The number of aromatic amines is 1. The van der Waals surface area contributed by atoms with Crippen molar-refractivity contribution in [2.45, 2.75) is 38.1 Å². The first kappa shape index (κ1) is 13.9. The summed E-state index contributed by atoms with van der Waals surface area (Å²) in [6, 6.07) is 10.3. The van der Waals surface area contributed by atoms with Crippen LogP contribution in [0.4, 0.5) is 0 Å². The molecule has 1 amide bonds. The van der Waals surface area contributed by atoms with Crippen LogP contribution in [0.1, 0.15) is 42.6 Å². The smallest absolute Gasteiger partial charge is 0.270 e. The van der Waals surface area contributed by atoms with Gasteiger partial charge in [-0.25, -0.2) is 0 Å². The summed E-state index contributed by atoms with van der Waals surface area (Å²) < 4.78 is 0. The number of H-pyrrole nitrogens is 1. The van der Waals surface area contributed by atoms with Crippen molar-refractivity contribution >= 4 is 16.8 Å². The third-order valence-corrected chi connectivity index (χ3v) is 4.36. The highest BCUT2D eigenvalue weighted by Crippen LogP contribution is 2.25. The van der Waals surface area contributed by atoms with Gasteiger partial charge in [0.1, 0.15) is 5.69 Å². The quantitative estimate of drug-likeness (QED) is 0.841. The van der Waals surface area contributed by atoms with Crippen molar-refractivity contribution in [3.8, 4) is 0 Å². The van der Waals surface area contributed by atoms with Gasteiger partial charge < -0.3 is 9.88 Å². The molecule has 110 valence electrons. The van der Waals surface area contributed by atoms with E-state index in [1.807, 2.05) is 41.3 Å². The largest absolute Gasteiger partial charge is 0.351 e. The monoisotopic (exact) mass is 282 g/mol. The molecule has 0 spiro atoms. The Morgan fingerprint density at radius 1 is 1.29 bits per heavy atom. The molecule has 3 heteroatoms. The van der Waals surface area contributed by atoms with Crippen molar-refractivity contribution in [2.75, 3.05) is 6.54 Å². The van der Waals surface area contributed by atoms with Crippen LogP contribution in [-0.2, 0) is 0 Å². The van der Waals surface area contributed by atoms with Gasteiger partial charge >= 0.3 is 0 Å². The zero-order valence-corrected chi connectivity index (χ0v) is 12.3. The average molecular weight is 282 g/mol. The summed E-state index contributed by atoms with van der Waals surface area (Å²) >= 11 is 0. The Hall–Kier alpha value is -2.03. The molecule has 1 aromatic carbocycles. The first-order valence-corrected chi connectivity index (χ1v) is 7.79. The molecule has 1 aliphatic rings. The highest BCUT2D eigenvalue weighted by molar-refractivity contribution is 5.98. The van der Waals surface area contributed by atoms with Gasteiger partial charge in [0.2, 0.25) is 0 Å². The average Bonchev–Trinajstić information content (AvgIpc) is 2.97. The molecule has 0 bridgehead atoms. The van der Waals surface area contributed by atoms with Gasteiger partial charge in [-0.2, -0.15) is 0 Å². The van der Waals surface area contributed by atoms with Gasteiger partial charge in [-0.1, -0.05) is 43.5 Å². The van der Waals surface area contributed by atoms with Crippen LogP contribution in [-0.4, -0.2) is 28.4 Å². The summed E-state index contributed by atoms with van der Waals surface area (Å²) in [6.07, 6.45) is 7.78. The molecule has 1 aliphatic carbocycles. The lowest BCUT2D eigenvalue weighted by molar-refractivity contribution is 0.0658. The minimum Gasteiger partial charge on any atom is -0.351 e. The van der Waals surface area contributed by atoms with Crippen molar-refractivity contribution in [2.24, 2.45) is 0 Å². The molecule has 0 atom stereocenters. The summed E-state index contributed by atoms with van der Waals surface area (Å²) in [5, 5.41) is 1.09. The number of carbonyl (C=O) groups is 1. The molecule has 3 rings (SSSR count). The fourth-order valence-electron chi connectivity index (χ4n) is 3.27. The second kappa shape index (κ2) is 6.17. The molecule has 0 radical (unpaired) electrons. The van der Waals surface area contributed by atoms with Crippen LogP contribution in [0, 0.1) is 0 Å². The Morgan fingerprint density at radius 2 is 2.05 bits per heavy atom. The molecule has 1 heterocycles. The Labute approximate surface area is 125 Å². The van der Waals surface area contributed by atoms with E-state index in [-0.39, 0.29) is 5.91 Å². The number of hydrogen-bond donors (Lipinski definition) is 1. The standard InChI is InChI=1S/C18H22N2O/c1-2-12-20(15-9-4-3-5-10-15)18(21)17-13-14-8-6-7-11-16(14)19-17/h2,6-8,11,13,15,19H,1,3-5,9-10,12H2. The molecule has 1 saturated carbocycles. The Balaban J connectivity index is 1.87. The molecule has 0 unspecified atom stereocenters. The van der Waals surface area contributed by atoms with Gasteiger partial charge in [0.15, 0.2) is 0 Å². The van der Waals surface area contributed by atoms with E-state index in [0.29, 0.717) is 18.3 Å². The van der Waals surface area contributed by atoms with Crippen LogP contribution in [0.15, 0.2) is 43.0 Å². The maximum atomic E-state index is 12.9. The Bertz CT molecular complexity index is 604. The van der Waals surface area contributed by atoms with E-state index < -0.39 is 0 Å². The highest BCUT2D eigenvalue weighted by atomic mass is 16.2. The number of amides is 1. The van der Waals surface area contributed by atoms with E-state index in [0.717, 1.165) is 23.7 Å². The SMILES string of the molecule is C=CCN(C(=O)c1cc2ccccc2[nH]1)C1CCCCC1. The summed E-state index contributed by atoms with van der Waals surface area (Å²) in [5.74, 6) is 0.0954. The molecule has 1 aromatic heterocycles. The van der Waals surface area contributed by atoms with Crippen LogP contribution in [0.25, 0.3) is 10.9 Å². The molecule has 0 saturated heterocycles. The molecule has 1 N–H and O–H groups in total. The predicted molar refractivity (Wildman–Crippen MR) is 86.4 cm³/mol. The van der Waals surface area contributed by atoms with Gasteiger partial charge in [0.05, 0.1) is 0 Å². The number of rotatable bonds is 4. The molecule has 21 heavy (non-hydrogen) atoms. The van der Waals surface area contributed by atoms with Gasteiger partial charge in [-0.3, -0.25) is 4.79 Å². The molecular formula is C18H22N2O. The van der Waals surface area contributed by atoms with E-state index in [1.54, 1.807) is 0 Å². The van der Waals surface area contributed by atoms with Gasteiger partial charge in [-0.15, -0.1) is 6.58 Å². The number of carbonyl (C=O) groups excluding carboxylic acids is 1. The molecular weight excluding hydrogens is 260 g/mol. The first-order chi connectivity index (χ1) is 10.3. The van der Waals surface area contributed by atoms with Gasteiger partial charge in [-0.05, 0) is 25.0 Å². The normalized spacial score (nSPS) is 16.0. The summed E-state index contributed by atoms with van der Waals surface area (Å²) in [5.41, 5.74) is 1.70. The molecule has 0 aliphatic heterocycles. The minimum atomic E-state index is 0.0954. The number of para-hydroxylation sites is 1. The van der Waals surface area contributed by atoms with E-state index in [1.165, 1.54) is 19.3 Å². The first-order valence-electron chi connectivity index (χ1n) is 7.79. The maximum absolute atomic E-state index is 12.9. The number of aromatic nitrogens is 1. The zero-order valence-electron chi connectivity index (χ0n) is 12.3. The van der Waals surface area contributed by atoms with Crippen LogP contribution >= 0.6 is 0 Å². The summed E-state index contributed by atoms with van der Waals surface area (Å²) in [6.45, 7) is 4.43. The fourth-order valence-corrected chi connectivity index (χ4v) is 3.27. The number of nitrogens with zero attached hydrogens (tertiary/aromatic N) is 1. The van der Waals surface area contributed by atoms with Gasteiger partial charge in [0, 0.05) is 23.5 Å². The van der Waals surface area contributed by atoms with Crippen LogP contribution in [0.2, 0.25) is 0 Å². The lowest BCUT2D eigenvalue weighted by Gasteiger charge is -2.33. The minimum absolute atomic E-state index is 0.0954. The van der Waals surface area contributed by atoms with E-state index in [2.05, 4.69) is 11.6 Å². The topological polar surface area (TPSA) is 36.1 Å². The third kappa shape index (κ3) is 2.87. The summed E-state index contributed by atoms with van der Waals surface area (Å²) in [7, 11) is 0. The van der Waals surface area contributed by atoms with E-state index in [4.69, 9.17) is 0 Å². The highest BCUT2D eigenvalue weighted by Gasteiger charge is 2.26. The second-order valence-electron chi connectivity index (χ2n) is 5.81. The van der Waals surface area contributed by atoms with Crippen LogP contribution in [0.5, 0.6) is 0 Å². The molecule has 1 fully saturated rings. The van der Waals surface area contributed by atoms with Crippen molar-refractivity contribution in [3.05, 3.63) is 48.7 Å². The van der Waals surface area contributed by atoms with Crippen molar-refractivity contribution in [1.82, 2.24) is 9.88 Å². The van der Waals surface area contributed by atoms with Gasteiger partial charge in [0.25, 0.3) is 5.91 Å². The van der Waals surface area contributed by atoms with E-state index >= 15 is 0 Å². The second-order valence-corrected chi connectivity index (χ2v) is 5.81. The Morgan fingerprint density at radius 3 is 2.76 bits per heavy atom. The van der Waals surface area contributed by atoms with Crippen molar-refractivity contribution in [3.63, 3.8) is 0 Å². The zero-order chi connectivity index (χ0) is 14.7. The van der Waals surface area contributed by atoms with Crippen LogP contribution in [0.3, 0.4) is 0 Å². The predicted octanol–water partition coefficient (Wildman–Crippen LogP) is 4.13. The number of hydrogen-bond acceptors (Lipinski definition) is 1. The molecule has 3 nitrogen and oxygen atoms in total. The number of benzene rings is 1. The summed E-state index contributed by atoms with van der Waals surface area (Å²) in [4.78, 5) is 18.1.